The lowest BCUT2D eigenvalue weighted by Crippen LogP contribution is -2.43. The fraction of sp³-hybridized carbons (Fsp3) is 0.182. The first-order valence-corrected chi connectivity index (χ1v) is 11.5. The van der Waals surface area contributed by atoms with E-state index in [2.05, 4.69) is 10.1 Å². The number of halogens is 3. The first-order valence-electron chi connectivity index (χ1n) is 9.84. The zero-order valence-electron chi connectivity index (χ0n) is 16.8. The van der Waals surface area contributed by atoms with Gasteiger partial charge in [0.2, 0.25) is 4.96 Å². The largest absolute Gasteiger partial charge is 0.482 e. The van der Waals surface area contributed by atoms with Crippen LogP contribution in [-0.2, 0) is 11.2 Å². The Morgan fingerprint density at radius 2 is 2.15 bits per heavy atom. The van der Waals surface area contributed by atoms with E-state index in [0.29, 0.717) is 34.7 Å². The van der Waals surface area contributed by atoms with Gasteiger partial charge in [0.25, 0.3) is 5.91 Å². The van der Waals surface area contributed by atoms with E-state index < -0.39 is 11.9 Å². The molecule has 0 fully saturated rings. The topological polar surface area (TPSA) is 83.5 Å². The van der Waals surface area contributed by atoms with Crippen LogP contribution in [0.4, 0.5) is 4.39 Å². The molecule has 1 atom stereocenters. The number of fused-ring (bicyclic) bond motifs is 3. The molecule has 33 heavy (non-hydrogen) atoms. The van der Waals surface area contributed by atoms with E-state index >= 15 is 4.39 Å². The summed E-state index contributed by atoms with van der Waals surface area (Å²) < 4.78 is 22.3. The van der Waals surface area contributed by atoms with Crippen molar-refractivity contribution in [1.82, 2.24) is 19.5 Å². The Hall–Kier alpha value is -3.19. The minimum atomic E-state index is -0.754. The average Bonchev–Trinajstić information content (AvgIpc) is 3.39. The highest BCUT2D eigenvalue weighted by Crippen LogP contribution is 2.38. The van der Waals surface area contributed by atoms with Crippen LogP contribution in [0.25, 0.3) is 4.96 Å². The maximum atomic E-state index is 15.0. The van der Waals surface area contributed by atoms with E-state index in [0.717, 1.165) is 5.69 Å². The third-order valence-corrected chi connectivity index (χ3v) is 6.61. The normalized spacial score (nSPS) is 15.3. The van der Waals surface area contributed by atoms with Crippen molar-refractivity contribution < 1.29 is 13.9 Å². The summed E-state index contributed by atoms with van der Waals surface area (Å²) in [5.41, 5.74) is 3.74. The monoisotopic (exact) mass is 501 g/mol. The average molecular weight is 502 g/mol. The maximum Gasteiger partial charge on any atom is 0.261 e. The molecule has 2 aromatic carbocycles. The van der Waals surface area contributed by atoms with Crippen LogP contribution < -0.4 is 4.74 Å². The van der Waals surface area contributed by atoms with Crippen LogP contribution in [-0.4, -0.2) is 38.6 Å². The van der Waals surface area contributed by atoms with Gasteiger partial charge < -0.3 is 9.64 Å². The fourth-order valence-electron chi connectivity index (χ4n) is 3.93. The van der Waals surface area contributed by atoms with Crippen LogP contribution in [0.5, 0.6) is 5.75 Å². The molecule has 4 aromatic rings. The van der Waals surface area contributed by atoms with Crippen molar-refractivity contribution in [1.29, 1.82) is 5.26 Å². The lowest BCUT2D eigenvalue weighted by molar-refractivity contribution is -0.135. The Morgan fingerprint density at radius 3 is 2.91 bits per heavy atom. The number of ether oxygens (including phenoxy) is 1. The van der Waals surface area contributed by atoms with Gasteiger partial charge in [0.1, 0.15) is 23.1 Å². The van der Waals surface area contributed by atoms with Crippen molar-refractivity contribution in [3.05, 3.63) is 80.3 Å². The molecular formula is C22H14Cl2FN5O2S. The van der Waals surface area contributed by atoms with E-state index in [9.17, 15) is 4.79 Å². The number of aromatic nitrogens is 3. The second-order valence-corrected chi connectivity index (χ2v) is 8.98. The zero-order chi connectivity index (χ0) is 23.1. The molecule has 0 saturated heterocycles. The van der Waals surface area contributed by atoms with Crippen molar-refractivity contribution in [2.75, 3.05) is 13.2 Å². The van der Waals surface area contributed by atoms with Gasteiger partial charge in [-0.25, -0.2) is 13.9 Å². The molecule has 0 N–H and O–H groups in total. The summed E-state index contributed by atoms with van der Waals surface area (Å²) in [7, 11) is 0. The Bertz CT molecular complexity index is 1430. The number of hydrogen-bond donors (Lipinski definition) is 0. The van der Waals surface area contributed by atoms with Gasteiger partial charge >= 0.3 is 0 Å². The minimum Gasteiger partial charge on any atom is -0.482 e. The molecule has 3 heterocycles. The molecule has 166 valence electrons. The van der Waals surface area contributed by atoms with Gasteiger partial charge in [0.05, 0.1) is 28.0 Å². The van der Waals surface area contributed by atoms with Gasteiger partial charge in [-0.1, -0.05) is 40.6 Å². The van der Waals surface area contributed by atoms with Crippen molar-refractivity contribution in [3.8, 4) is 11.8 Å². The SMILES string of the molecule is N#Cc1ccc(OCC(=O)N2CCc3nc4scnn4c3C2c2ccc(Cl)cc2F)c(Cl)c1. The lowest BCUT2D eigenvalue weighted by atomic mass is 9.95. The summed E-state index contributed by atoms with van der Waals surface area (Å²) in [4.78, 5) is 20.1. The van der Waals surface area contributed by atoms with Crippen molar-refractivity contribution in [2.24, 2.45) is 0 Å². The van der Waals surface area contributed by atoms with Crippen LogP contribution in [0.1, 0.15) is 28.6 Å². The molecule has 7 nitrogen and oxygen atoms in total. The second-order valence-electron chi connectivity index (χ2n) is 7.33. The highest BCUT2D eigenvalue weighted by molar-refractivity contribution is 7.14. The third-order valence-electron chi connectivity index (χ3n) is 5.41. The quantitative estimate of drug-likeness (QED) is 0.406. The number of rotatable bonds is 4. The van der Waals surface area contributed by atoms with Gasteiger partial charge in [0, 0.05) is 23.6 Å². The van der Waals surface area contributed by atoms with E-state index in [1.807, 2.05) is 6.07 Å². The smallest absolute Gasteiger partial charge is 0.261 e. The van der Waals surface area contributed by atoms with Crippen LogP contribution in [0.15, 0.2) is 41.9 Å². The fourth-order valence-corrected chi connectivity index (χ4v) is 4.97. The summed E-state index contributed by atoms with van der Waals surface area (Å²) in [5, 5.41) is 13.8. The number of nitriles is 1. The number of imidazole rings is 1. The third kappa shape index (κ3) is 3.91. The van der Waals surface area contributed by atoms with Gasteiger partial charge in [-0.2, -0.15) is 10.4 Å². The number of nitrogens with zero attached hydrogens (tertiary/aromatic N) is 5. The minimum absolute atomic E-state index is 0.225. The van der Waals surface area contributed by atoms with Gasteiger partial charge in [0.15, 0.2) is 6.61 Å². The molecule has 1 unspecified atom stereocenters. The first kappa shape index (κ1) is 21.6. The lowest BCUT2D eigenvalue weighted by Gasteiger charge is -2.35. The predicted molar refractivity (Wildman–Crippen MR) is 121 cm³/mol. The Balaban J connectivity index is 1.50. The zero-order valence-corrected chi connectivity index (χ0v) is 19.2. The number of hydrogen-bond acceptors (Lipinski definition) is 6. The van der Waals surface area contributed by atoms with Crippen molar-refractivity contribution in [2.45, 2.75) is 12.5 Å². The number of carbonyl (C=O) groups excluding carboxylic acids is 1. The van der Waals surface area contributed by atoms with E-state index in [1.54, 1.807) is 33.1 Å². The van der Waals surface area contributed by atoms with Crippen LogP contribution in [0.2, 0.25) is 10.0 Å². The standard InChI is InChI=1S/C22H14Cl2FN5O2S/c23-13-2-3-14(16(25)8-13)20-21-17(28-22-30(21)27-11-33-22)5-6-29(20)19(31)10-32-18-4-1-12(9-26)7-15(18)24/h1-4,7-8,11,20H,5-6,10H2. The number of amides is 1. The van der Waals surface area contributed by atoms with Crippen LogP contribution in [0.3, 0.4) is 0 Å². The summed E-state index contributed by atoms with van der Waals surface area (Å²) in [6.07, 6.45) is 0.500. The molecule has 0 spiro atoms. The van der Waals surface area contributed by atoms with E-state index in [1.165, 1.54) is 29.5 Å². The molecule has 5 rings (SSSR count). The van der Waals surface area contributed by atoms with E-state index in [-0.39, 0.29) is 28.3 Å². The van der Waals surface area contributed by atoms with E-state index in [4.69, 9.17) is 33.2 Å². The highest BCUT2D eigenvalue weighted by atomic mass is 35.5. The molecule has 1 amide bonds. The molecule has 11 heteroatoms. The number of benzene rings is 2. The molecule has 0 aliphatic carbocycles. The molecule has 1 aliphatic rings. The van der Waals surface area contributed by atoms with Crippen LogP contribution in [0, 0.1) is 17.1 Å². The summed E-state index contributed by atoms with van der Waals surface area (Å²) in [6, 6.07) is 10.2. The Morgan fingerprint density at radius 1 is 1.30 bits per heavy atom. The van der Waals surface area contributed by atoms with Crippen molar-refractivity contribution in [3.63, 3.8) is 0 Å². The van der Waals surface area contributed by atoms with Gasteiger partial charge in [-0.15, -0.1) is 0 Å². The molecule has 0 saturated carbocycles. The number of carbonyl (C=O) groups is 1. The molecule has 1 aliphatic heterocycles. The molecule has 0 radical (unpaired) electrons. The molecular weight excluding hydrogens is 488 g/mol. The van der Waals surface area contributed by atoms with Crippen LogP contribution >= 0.6 is 34.5 Å². The summed E-state index contributed by atoms with van der Waals surface area (Å²) in [5.74, 6) is -0.604. The van der Waals surface area contributed by atoms with Gasteiger partial charge in [-0.3, -0.25) is 4.79 Å². The predicted octanol–water partition coefficient (Wildman–Crippen LogP) is 4.66. The highest BCUT2D eigenvalue weighted by Gasteiger charge is 2.38. The van der Waals surface area contributed by atoms with Gasteiger partial charge in [-0.05, 0) is 30.3 Å². The maximum absolute atomic E-state index is 15.0. The second kappa shape index (κ2) is 8.63. The first-order chi connectivity index (χ1) is 16.0. The summed E-state index contributed by atoms with van der Waals surface area (Å²) in [6.45, 7) is 0.0134. The molecule has 2 aromatic heterocycles. The Kier molecular flexibility index (Phi) is 5.66. The molecule has 0 bridgehead atoms. The Labute approximate surface area is 201 Å². The summed E-state index contributed by atoms with van der Waals surface area (Å²) >= 11 is 13.5. The van der Waals surface area contributed by atoms with Crippen molar-refractivity contribution >= 4 is 45.4 Å².